The second kappa shape index (κ2) is 14.2. The summed E-state index contributed by atoms with van der Waals surface area (Å²) in [7, 11) is -3.65. The molecule has 0 saturated carbocycles. The Morgan fingerprint density at radius 3 is 2.33 bits per heavy atom. The number of ether oxygens (including phenoxy) is 2. The molecule has 0 fully saturated rings. The van der Waals surface area contributed by atoms with E-state index in [-0.39, 0.29) is 37.7 Å². The van der Waals surface area contributed by atoms with Crippen molar-refractivity contribution in [3.8, 4) is 11.5 Å². The van der Waals surface area contributed by atoms with Crippen LogP contribution in [0.3, 0.4) is 0 Å². The average Bonchev–Trinajstić information content (AvgIpc) is 2.97. The van der Waals surface area contributed by atoms with E-state index >= 15 is 0 Å². The lowest BCUT2D eigenvalue weighted by molar-refractivity contribution is -0.141. The number of carbonyl (C=O) groups is 2. The van der Waals surface area contributed by atoms with E-state index in [1.807, 2.05) is 68.4 Å². The highest BCUT2D eigenvalue weighted by molar-refractivity contribution is 7.92. The Balaban J connectivity index is 1.56. The lowest BCUT2D eigenvalue weighted by Crippen LogP contribution is -2.50. The minimum absolute atomic E-state index is 0.0626. The smallest absolute Gasteiger partial charge is 0.243 e. The quantitative estimate of drug-likeness (QED) is 0.320. The van der Waals surface area contributed by atoms with Crippen molar-refractivity contribution in [1.29, 1.82) is 0 Å². The Morgan fingerprint density at radius 1 is 0.929 bits per heavy atom. The van der Waals surface area contributed by atoms with Crippen LogP contribution in [0.15, 0.2) is 72.8 Å². The third-order valence-corrected chi connectivity index (χ3v) is 8.22. The zero-order valence-corrected chi connectivity index (χ0v) is 25.2. The van der Waals surface area contributed by atoms with Gasteiger partial charge in [-0.05, 0) is 43.5 Å². The molecule has 42 heavy (non-hydrogen) atoms. The van der Waals surface area contributed by atoms with E-state index in [0.717, 1.165) is 22.9 Å². The van der Waals surface area contributed by atoms with Crippen molar-refractivity contribution in [2.75, 3.05) is 36.9 Å². The van der Waals surface area contributed by atoms with Gasteiger partial charge < -0.3 is 19.7 Å². The summed E-state index contributed by atoms with van der Waals surface area (Å²) in [6.45, 7) is 5.44. The van der Waals surface area contributed by atoms with Crippen molar-refractivity contribution >= 4 is 27.5 Å². The topological polar surface area (TPSA) is 105 Å². The number of aryl methyl sites for hydroxylation is 1. The van der Waals surface area contributed by atoms with Crippen LogP contribution in [0, 0.1) is 6.92 Å². The third kappa shape index (κ3) is 8.25. The first-order valence-electron chi connectivity index (χ1n) is 14.2. The molecule has 1 aliphatic rings. The fraction of sp³-hybridized carbons (Fsp3) is 0.375. The number of amides is 2. The van der Waals surface area contributed by atoms with Gasteiger partial charge in [0.25, 0.3) is 0 Å². The minimum Gasteiger partial charge on any atom is -0.486 e. The summed E-state index contributed by atoms with van der Waals surface area (Å²) >= 11 is 0. The largest absolute Gasteiger partial charge is 0.486 e. The predicted molar refractivity (Wildman–Crippen MR) is 163 cm³/mol. The molecule has 9 nitrogen and oxygen atoms in total. The molecule has 224 valence electrons. The number of likely N-dealkylation sites (N-methyl/N-ethyl adjacent to an activating group) is 1. The van der Waals surface area contributed by atoms with Gasteiger partial charge in [0.1, 0.15) is 19.3 Å². The van der Waals surface area contributed by atoms with E-state index in [0.29, 0.717) is 43.4 Å². The highest BCUT2D eigenvalue weighted by atomic mass is 32.2. The van der Waals surface area contributed by atoms with Crippen molar-refractivity contribution in [2.45, 2.75) is 45.7 Å². The van der Waals surface area contributed by atoms with Gasteiger partial charge in [-0.15, -0.1) is 0 Å². The van der Waals surface area contributed by atoms with E-state index in [4.69, 9.17) is 9.47 Å². The molecule has 3 aromatic rings. The number of fused-ring (bicyclic) bond motifs is 1. The van der Waals surface area contributed by atoms with Gasteiger partial charge in [-0.3, -0.25) is 13.9 Å². The molecule has 1 aliphatic heterocycles. The maximum atomic E-state index is 13.9. The molecular formula is C32H39N3O6S. The number of sulfonamides is 1. The monoisotopic (exact) mass is 593 g/mol. The molecule has 0 unspecified atom stereocenters. The number of hydrogen-bond donors (Lipinski definition) is 1. The number of carbonyl (C=O) groups excluding carboxylic acids is 2. The van der Waals surface area contributed by atoms with Crippen molar-refractivity contribution in [3.05, 3.63) is 89.5 Å². The van der Waals surface area contributed by atoms with Crippen molar-refractivity contribution in [3.63, 3.8) is 0 Å². The highest BCUT2D eigenvalue weighted by Gasteiger charge is 2.30. The summed E-state index contributed by atoms with van der Waals surface area (Å²) in [5.74, 6) is 0.601. The summed E-state index contributed by atoms with van der Waals surface area (Å²) in [4.78, 5) is 28.9. The Labute approximate surface area is 248 Å². The van der Waals surface area contributed by atoms with E-state index in [9.17, 15) is 18.0 Å². The Bertz CT molecular complexity index is 1480. The van der Waals surface area contributed by atoms with E-state index in [1.165, 1.54) is 4.31 Å². The van der Waals surface area contributed by atoms with Crippen LogP contribution in [0.25, 0.3) is 0 Å². The van der Waals surface area contributed by atoms with Gasteiger partial charge in [0.05, 0.1) is 11.9 Å². The predicted octanol–water partition coefficient (Wildman–Crippen LogP) is 4.09. The van der Waals surface area contributed by atoms with Gasteiger partial charge in [-0.2, -0.15) is 0 Å². The number of anilines is 1. The van der Waals surface area contributed by atoms with Crippen molar-refractivity contribution < 1.29 is 27.5 Å². The number of nitrogens with one attached hydrogen (secondary N) is 1. The first-order chi connectivity index (χ1) is 20.2. The Hall–Kier alpha value is -4.05. The summed E-state index contributed by atoms with van der Waals surface area (Å²) in [5.41, 5.74) is 3.35. The number of rotatable bonds is 13. The summed E-state index contributed by atoms with van der Waals surface area (Å²) in [6, 6.07) is 21.8. The van der Waals surface area contributed by atoms with Gasteiger partial charge in [0.15, 0.2) is 11.5 Å². The lowest BCUT2D eigenvalue weighted by atomic mass is 10.0. The van der Waals surface area contributed by atoms with Crippen LogP contribution in [-0.4, -0.2) is 63.7 Å². The molecule has 0 radical (unpaired) electrons. The molecular weight excluding hydrogens is 554 g/mol. The first kappa shape index (κ1) is 30.9. The summed E-state index contributed by atoms with van der Waals surface area (Å²) in [6.07, 6.45) is 1.82. The molecule has 10 heteroatoms. The highest BCUT2D eigenvalue weighted by Crippen LogP contribution is 2.34. The maximum absolute atomic E-state index is 13.9. The molecule has 1 atom stereocenters. The van der Waals surface area contributed by atoms with Crippen LogP contribution < -0.4 is 19.1 Å². The zero-order valence-electron chi connectivity index (χ0n) is 24.4. The molecule has 0 saturated heterocycles. The molecule has 1 heterocycles. The van der Waals surface area contributed by atoms with Crippen LogP contribution in [0.4, 0.5) is 5.69 Å². The number of hydrogen-bond acceptors (Lipinski definition) is 6. The summed E-state index contributed by atoms with van der Waals surface area (Å²) in [5, 5.41) is 2.90. The van der Waals surface area contributed by atoms with E-state index in [2.05, 4.69) is 5.32 Å². The molecule has 0 spiro atoms. The number of benzene rings is 3. The summed E-state index contributed by atoms with van der Waals surface area (Å²) < 4.78 is 38.0. The minimum atomic E-state index is -3.65. The molecule has 1 N–H and O–H groups in total. The Kier molecular flexibility index (Phi) is 10.5. The van der Waals surface area contributed by atoms with Crippen LogP contribution in [0.2, 0.25) is 0 Å². The SMILES string of the molecule is CCNC(=O)[C@@H](Cc1ccccc1)N(Cc1cccc(C)c1)C(=O)CCCN(c1ccc2c(c1)OCCO2)S(C)(=O)=O. The first-order valence-corrected chi connectivity index (χ1v) is 16.0. The van der Waals surface area contributed by atoms with Gasteiger partial charge in [0, 0.05) is 38.5 Å². The molecule has 2 amide bonds. The van der Waals surface area contributed by atoms with Gasteiger partial charge in [-0.25, -0.2) is 8.42 Å². The molecule has 0 aromatic heterocycles. The van der Waals surface area contributed by atoms with Crippen molar-refractivity contribution in [2.24, 2.45) is 0 Å². The number of nitrogens with zero attached hydrogens (tertiary/aromatic N) is 2. The fourth-order valence-corrected chi connectivity index (χ4v) is 6.00. The molecule has 0 bridgehead atoms. The second-order valence-electron chi connectivity index (χ2n) is 10.4. The van der Waals surface area contributed by atoms with E-state index < -0.39 is 16.1 Å². The standard InChI is InChI=1S/C32H39N3O6S/c1-4-33-32(37)28(21-25-11-6-5-7-12-25)34(23-26-13-8-10-24(2)20-26)31(36)14-9-17-35(42(3,38)39)27-15-16-29-30(22-27)41-19-18-40-29/h5-8,10-13,15-16,20,22,28H,4,9,14,17-19,21,23H2,1-3H3,(H,33,37)/t28-/m1/s1. The average molecular weight is 594 g/mol. The van der Waals surface area contributed by atoms with Crippen LogP contribution >= 0.6 is 0 Å². The van der Waals surface area contributed by atoms with Crippen molar-refractivity contribution in [1.82, 2.24) is 10.2 Å². The normalized spacial score (nSPS) is 13.2. The van der Waals surface area contributed by atoms with Crippen LogP contribution in [-0.2, 0) is 32.6 Å². The Morgan fingerprint density at radius 2 is 1.64 bits per heavy atom. The van der Waals surface area contributed by atoms with Crippen LogP contribution in [0.5, 0.6) is 11.5 Å². The lowest BCUT2D eigenvalue weighted by Gasteiger charge is -2.32. The van der Waals surface area contributed by atoms with Gasteiger partial charge in [0.2, 0.25) is 21.8 Å². The molecule has 0 aliphatic carbocycles. The van der Waals surface area contributed by atoms with Gasteiger partial charge in [-0.1, -0.05) is 60.2 Å². The van der Waals surface area contributed by atoms with E-state index in [1.54, 1.807) is 23.1 Å². The zero-order chi connectivity index (χ0) is 30.1. The maximum Gasteiger partial charge on any atom is 0.243 e. The second-order valence-corrected chi connectivity index (χ2v) is 12.3. The fourth-order valence-electron chi connectivity index (χ4n) is 5.04. The van der Waals surface area contributed by atoms with Crippen LogP contribution in [0.1, 0.15) is 36.5 Å². The van der Waals surface area contributed by atoms with Gasteiger partial charge >= 0.3 is 0 Å². The third-order valence-electron chi connectivity index (χ3n) is 7.02. The molecule has 4 rings (SSSR count). The molecule has 3 aromatic carbocycles.